The molecule has 1 saturated heterocycles. The summed E-state index contributed by atoms with van der Waals surface area (Å²) in [7, 11) is 1.16. The molecular weight excluding hydrogens is 428 g/mol. The number of aromatic nitrogens is 3. The largest absolute Gasteiger partial charge is 0.385 e. The number of pyridine rings is 1. The van der Waals surface area contributed by atoms with Crippen molar-refractivity contribution in [2.24, 2.45) is 0 Å². The van der Waals surface area contributed by atoms with Crippen molar-refractivity contribution in [3.8, 4) is 0 Å². The Balaban J connectivity index is 0.000000188. The molecule has 0 unspecified atom stereocenters. The van der Waals surface area contributed by atoms with Crippen LogP contribution in [0.5, 0.6) is 0 Å². The summed E-state index contributed by atoms with van der Waals surface area (Å²) in [5.41, 5.74) is 0.363. The van der Waals surface area contributed by atoms with Crippen LogP contribution >= 0.6 is 11.6 Å². The van der Waals surface area contributed by atoms with E-state index in [1.165, 1.54) is 25.3 Å². The number of nitrogens with zero attached hydrogens (tertiary/aromatic N) is 2. The van der Waals surface area contributed by atoms with Gasteiger partial charge in [0.15, 0.2) is 0 Å². The van der Waals surface area contributed by atoms with Crippen LogP contribution in [0.15, 0.2) is 40.2 Å². The molecule has 0 atom stereocenters. The molecule has 0 amide bonds. The summed E-state index contributed by atoms with van der Waals surface area (Å²) >= 11 is 5.98. The summed E-state index contributed by atoms with van der Waals surface area (Å²) in [6.07, 6.45) is 8.88. The van der Waals surface area contributed by atoms with Crippen molar-refractivity contribution in [1.82, 2.24) is 14.8 Å². The maximum atomic E-state index is 12.0. The molecule has 166 valence electrons. The van der Waals surface area contributed by atoms with E-state index in [1.807, 2.05) is 0 Å². The van der Waals surface area contributed by atoms with Crippen LogP contribution in [-0.4, -0.2) is 50.7 Å². The van der Waals surface area contributed by atoms with Crippen LogP contribution in [0.4, 0.5) is 5.69 Å². The molecule has 1 saturated carbocycles. The molecule has 2 N–H and O–H groups in total. The second-order valence-electron chi connectivity index (χ2n) is 6.85. The van der Waals surface area contributed by atoms with E-state index in [-0.39, 0.29) is 22.2 Å². The quantitative estimate of drug-likeness (QED) is 0.719. The average Bonchev–Trinajstić information content (AvgIpc) is 2.78. The lowest BCUT2D eigenvalue weighted by molar-refractivity contribution is 0.158. The predicted octanol–water partition coefficient (Wildman–Crippen LogP) is 2.58. The number of rotatable bonds is 2. The first-order valence-corrected chi connectivity index (χ1v) is 11.9. The Morgan fingerprint density at radius 3 is 2.37 bits per heavy atom. The first kappa shape index (κ1) is 24.3. The zero-order valence-corrected chi connectivity index (χ0v) is 18.7. The standard InChI is InChI=1S/C11H16ClN3O.C5H5NO.C4H8O2S/c1-13-9-7-14-15(11(16)10(9)12)8-5-3-2-4-6-8;7-5-3-1-2-4-6-5;5-7-3-1-6-2-4-7/h7-8,13H,2-6H2,1H3;1-4H,(H,6,7);1-4H2. The number of aromatic amines is 1. The number of H-pyrrole nitrogens is 1. The van der Waals surface area contributed by atoms with Gasteiger partial charge in [0, 0.05) is 41.6 Å². The Bertz CT molecular complexity index is 887. The van der Waals surface area contributed by atoms with Gasteiger partial charge in [-0.2, -0.15) is 5.10 Å². The molecule has 3 heterocycles. The van der Waals surface area contributed by atoms with Crippen molar-refractivity contribution in [2.45, 2.75) is 38.1 Å². The lowest BCUT2D eigenvalue weighted by Crippen LogP contribution is -2.29. The molecule has 0 spiro atoms. The fourth-order valence-corrected chi connectivity index (χ4v) is 4.13. The summed E-state index contributed by atoms with van der Waals surface area (Å²) in [5, 5.41) is 7.29. The van der Waals surface area contributed by atoms with Gasteiger partial charge in [0.25, 0.3) is 5.56 Å². The maximum Gasteiger partial charge on any atom is 0.287 e. The first-order valence-electron chi connectivity index (χ1n) is 10.0. The molecule has 2 fully saturated rings. The molecule has 4 rings (SSSR count). The van der Waals surface area contributed by atoms with Gasteiger partial charge in [0.2, 0.25) is 5.56 Å². The summed E-state index contributed by atoms with van der Waals surface area (Å²) in [4.78, 5) is 24.7. The van der Waals surface area contributed by atoms with E-state index in [9.17, 15) is 13.8 Å². The highest BCUT2D eigenvalue weighted by atomic mass is 35.5. The van der Waals surface area contributed by atoms with Gasteiger partial charge in [-0.05, 0) is 18.9 Å². The van der Waals surface area contributed by atoms with Gasteiger partial charge < -0.3 is 15.0 Å². The third-order valence-corrected chi connectivity index (χ3v) is 6.33. The monoisotopic (exact) mass is 456 g/mol. The number of ether oxygens (including phenoxy) is 1. The number of anilines is 1. The fraction of sp³-hybridized carbons (Fsp3) is 0.550. The maximum absolute atomic E-state index is 12.0. The molecule has 0 bridgehead atoms. The molecule has 0 radical (unpaired) electrons. The van der Waals surface area contributed by atoms with Gasteiger partial charge >= 0.3 is 0 Å². The van der Waals surface area contributed by atoms with E-state index < -0.39 is 10.8 Å². The first-order chi connectivity index (χ1) is 14.5. The number of hydrogen-bond donors (Lipinski definition) is 2. The van der Waals surface area contributed by atoms with Gasteiger partial charge in [-0.1, -0.05) is 36.9 Å². The van der Waals surface area contributed by atoms with Crippen LogP contribution in [0, 0.1) is 0 Å². The topological polar surface area (TPSA) is 106 Å². The van der Waals surface area contributed by atoms with Crippen molar-refractivity contribution in [2.75, 3.05) is 37.1 Å². The second kappa shape index (κ2) is 13.4. The Labute approximate surface area is 183 Å². The molecular formula is C20H29ClN4O4S. The molecule has 1 aliphatic heterocycles. The summed E-state index contributed by atoms with van der Waals surface area (Å²) in [6, 6.07) is 5.16. The summed E-state index contributed by atoms with van der Waals surface area (Å²) in [6.45, 7) is 1.37. The van der Waals surface area contributed by atoms with Gasteiger partial charge in [-0.25, -0.2) is 4.68 Å². The highest BCUT2D eigenvalue weighted by molar-refractivity contribution is 7.85. The minimum absolute atomic E-state index is 0.0532. The third-order valence-electron chi connectivity index (χ3n) is 4.72. The minimum atomic E-state index is -0.565. The average molecular weight is 457 g/mol. The predicted molar refractivity (Wildman–Crippen MR) is 121 cm³/mol. The highest BCUT2D eigenvalue weighted by Gasteiger charge is 2.19. The van der Waals surface area contributed by atoms with Crippen LogP contribution in [0.3, 0.4) is 0 Å². The fourth-order valence-electron chi connectivity index (χ4n) is 3.09. The van der Waals surface area contributed by atoms with Crippen molar-refractivity contribution in [3.63, 3.8) is 0 Å². The lowest BCUT2D eigenvalue weighted by atomic mass is 9.96. The zero-order valence-electron chi connectivity index (χ0n) is 17.1. The number of hydrogen-bond acceptors (Lipinski definition) is 6. The van der Waals surface area contributed by atoms with Crippen LogP contribution in [0.25, 0.3) is 0 Å². The SMILES string of the molecule is CNc1cnn(C2CCCCC2)c(=O)c1Cl.O=S1CCOCC1.O=c1cccc[nH]1. The molecule has 1 aliphatic carbocycles. The molecule has 30 heavy (non-hydrogen) atoms. The number of halogens is 1. The zero-order chi connectivity index (χ0) is 21.8. The van der Waals surface area contributed by atoms with Gasteiger partial charge in [-0.15, -0.1) is 0 Å². The minimum Gasteiger partial charge on any atom is -0.385 e. The lowest BCUT2D eigenvalue weighted by Gasteiger charge is -2.22. The molecule has 10 heteroatoms. The smallest absolute Gasteiger partial charge is 0.287 e. The molecule has 2 aliphatic rings. The van der Waals surface area contributed by atoms with Crippen molar-refractivity contribution < 1.29 is 8.95 Å². The van der Waals surface area contributed by atoms with E-state index >= 15 is 0 Å². The summed E-state index contributed by atoms with van der Waals surface area (Å²) < 4.78 is 17.0. The van der Waals surface area contributed by atoms with Crippen LogP contribution in [-0.2, 0) is 15.5 Å². The van der Waals surface area contributed by atoms with Gasteiger partial charge in [-0.3, -0.25) is 13.8 Å². The normalized spacial score (nSPS) is 17.1. The van der Waals surface area contributed by atoms with E-state index in [0.29, 0.717) is 18.9 Å². The Morgan fingerprint density at radius 2 is 1.90 bits per heavy atom. The Hall–Kier alpha value is -1.97. The molecule has 8 nitrogen and oxygen atoms in total. The van der Waals surface area contributed by atoms with Crippen molar-refractivity contribution in [1.29, 1.82) is 0 Å². The van der Waals surface area contributed by atoms with E-state index in [0.717, 1.165) is 24.3 Å². The number of nitrogens with one attached hydrogen (secondary N) is 2. The Morgan fingerprint density at radius 1 is 1.20 bits per heavy atom. The molecule has 0 aromatic carbocycles. The van der Waals surface area contributed by atoms with Crippen LogP contribution < -0.4 is 16.4 Å². The van der Waals surface area contributed by atoms with E-state index in [4.69, 9.17) is 16.3 Å². The van der Waals surface area contributed by atoms with E-state index in [2.05, 4.69) is 15.4 Å². The van der Waals surface area contributed by atoms with Crippen LogP contribution in [0.1, 0.15) is 38.1 Å². The van der Waals surface area contributed by atoms with Crippen molar-refractivity contribution >= 4 is 28.1 Å². The van der Waals surface area contributed by atoms with Gasteiger partial charge in [0.05, 0.1) is 31.1 Å². The Kier molecular flexibility index (Phi) is 10.8. The van der Waals surface area contributed by atoms with Crippen molar-refractivity contribution in [3.05, 3.63) is 56.3 Å². The second-order valence-corrected chi connectivity index (χ2v) is 8.93. The highest BCUT2D eigenvalue weighted by Crippen LogP contribution is 2.27. The summed E-state index contributed by atoms with van der Waals surface area (Å²) in [5.74, 6) is 1.47. The van der Waals surface area contributed by atoms with Crippen LogP contribution in [0.2, 0.25) is 5.02 Å². The molecule has 2 aromatic rings. The molecule has 2 aromatic heterocycles. The third kappa shape index (κ3) is 8.04. The van der Waals surface area contributed by atoms with E-state index in [1.54, 1.807) is 36.3 Å². The van der Waals surface area contributed by atoms with Gasteiger partial charge in [0.1, 0.15) is 5.02 Å².